The van der Waals surface area contributed by atoms with Crippen LogP contribution in [0.2, 0.25) is 0 Å². The summed E-state index contributed by atoms with van der Waals surface area (Å²) >= 11 is 0. The van der Waals surface area contributed by atoms with Gasteiger partial charge in [-0.15, -0.1) is 0 Å². The van der Waals surface area contributed by atoms with E-state index in [-0.39, 0.29) is 24.4 Å². The van der Waals surface area contributed by atoms with E-state index in [2.05, 4.69) is 9.80 Å². The molecule has 8 heteroatoms. The molecule has 0 amide bonds. The molecule has 236 valence electrons. The monoisotopic (exact) mass is 594 g/mol. The summed E-state index contributed by atoms with van der Waals surface area (Å²) in [6.45, 7) is 11.1. The van der Waals surface area contributed by atoms with Crippen molar-refractivity contribution in [1.82, 2.24) is 9.80 Å². The molecule has 2 aliphatic rings. The van der Waals surface area contributed by atoms with E-state index in [1.165, 1.54) is 25.7 Å². The highest BCUT2D eigenvalue weighted by atomic mass is 16.5. The van der Waals surface area contributed by atoms with Crippen LogP contribution in [0.15, 0.2) is 36.4 Å². The number of likely N-dealkylation sites (tertiary alicyclic amines) is 2. The minimum absolute atomic E-state index is 0.0539. The van der Waals surface area contributed by atoms with Crippen LogP contribution < -0.4 is 18.9 Å². The molecule has 0 aromatic heterocycles. The number of methoxy groups -OCH3 is 2. The Labute approximate surface area is 257 Å². The lowest BCUT2D eigenvalue weighted by atomic mass is 9.79. The maximum Gasteiger partial charge on any atom is 0.161 e. The Morgan fingerprint density at radius 3 is 1.42 bits per heavy atom. The molecule has 43 heavy (non-hydrogen) atoms. The number of benzene rings is 2. The van der Waals surface area contributed by atoms with Gasteiger partial charge >= 0.3 is 0 Å². The Kier molecular flexibility index (Phi) is 12.3. The zero-order valence-corrected chi connectivity index (χ0v) is 26.6. The lowest BCUT2D eigenvalue weighted by molar-refractivity contribution is -0.138. The number of carbonyl (C=O) groups is 2. The Morgan fingerprint density at radius 2 is 1.05 bits per heavy atom. The molecule has 0 spiro atoms. The minimum Gasteiger partial charge on any atom is -0.493 e. The molecule has 0 aliphatic carbocycles. The van der Waals surface area contributed by atoms with Crippen molar-refractivity contribution in [1.29, 1.82) is 0 Å². The highest BCUT2D eigenvalue weighted by Gasteiger charge is 2.34. The zero-order chi connectivity index (χ0) is 30.7. The number of hydrogen-bond acceptors (Lipinski definition) is 8. The highest BCUT2D eigenvalue weighted by molar-refractivity contribution is 6.06. The van der Waals surface area contributed by atoms with Crippen LogP contribution in [-0.2, 0) is 22.4 Å². The normalized spacial score (nSPS) is 15.9. The van der Waals surface area contributed by atoms with Gasteiger partial charge in [0, 0.05) is 25.9 Å². The smallest absolute Gasteiger partial charge is 0.161 e. The maximum atomic E-state index is 13.2. The lowest BCUT2D eigenvalue weighted by Crippen LogP contribution is -2.34. The summed E-state index contributed by atoms with van der Waals surface area (Å²) in [7, 11) is 3.26. The highest BCUT2D eigenvalue weighted by Crippen LogP contribution is 2.31. The van der Waals surface area contributed by atoms with Crippen molar-refractivity contribution in [2.75, 3.05) is 66.7 Å². The van der Waals surface area contributed by atoms with E-state index in [1.54, 1.807) is 28.1 Å². The molecular formula is C35H50N2O6. The second-order valence-corrected chi connectivity index (χ2v) is 12.2. The third-order valence-electron chi connectivity index (χ3n) is 8.86. The first-order valence-electron chi connectivity index (χ1n) is 15.9. The third kappa shape index (κ3) is 9.44. The molecule has 0 atom stereocenters. The van der Waals surface area contributed by atoms with Crippen molar-refractivity contribution in [3.8, 4) is 23.0 Å². The molecular weight excluding hydrogens is 544 g/mol. The van der Waals surface area contributed by atoms with E-state index < -0.39 is 5.41 Å². The number of nitrogens with zero attached hydrogens (tertiary/aromatic N) is 2. The van der Waals surface area contributed by atoms with Crippen LogP contribution in [0.5, 0.6) is 23.0 Å². The fourth-order valence-electron chi connectivity index (χ4n) is 5.85. The van der Waals surface area contributed by atoms with Gasteiger partial charge in [0.15, 0.2) is 23.0 Å². The summed E-state index contributed by atoms with van der Waals surface area (Å²) in [6.07, 6.45) is 6.69. The predicted molar refractivity (Wildman–Crippen MR) is 169 cm³/mol. The molecule has 2 saturated heterocycles. The second kappa shape index (κ2) is 16.1. The van der Waals surface area contributed by atoms with Gasteiger partial charge in [-0.3, -0.25) is 19.4 Å². The SMILES string of the molecule is COc1cc(CCC(=O)C(C)(C)C(=O)CCc2ccc(OCCN3CCCC3)c(OC)c2)ccc1OCCN1CCCC1. The topological polar surface area (TPSA) is 77.5 Å². The lowest BCUT2D eigenvalue weighted by Gasteiger charge is -2.22. The molecule has 0 saturated carbocycles. The van der Waals surface area contributed by atoms with Crippen molar-refractivity contribution >= 4 is 11.6 Å². The minimum atomic E-state index is -1.05. The van der Waals surface area contributed by atoms with Crippen LogP contribution in [0.3, 0.4) is 0 Å². The van der Waals surface area contributed by atoms with Crippen molar-refractivity contribution in [3.05, 3.63) is 47.5 Å². The largest absolute Gasteiger partial charge is 0.493 e. The van der Waals surface area contributed by atoms with Crippen molar-refractivity contribution in [3.63, 3.8) is 0 Å². The van der Waals surface area contributed by atoms with E-state index >= 15 is 0 Å². The molecule has 4 rings (SSSR count). The molecule has 0 N–H and O–H groups in total. The molecule has 2 aromatic carbocycles. The average molecular weight is 595 g/mol. The molecule has 2 heterocycles. The van der Waals surface area contributed by atoms with Crippen LogP contribution in [0.1, 0.15) is 63.5 Å². The van der Waals surface area contributed by atoms with Gasteiger partial charge in [0.25, 0.3) is 0 Å². The third-order valence-corrected chi connectivity index (χ3v) is 8.86. The average Bonchev–Trinajstić information content (AvgIpc) is 3.74. The number of ketones is 2. The number of carbonyl (C=O) groups excluding carboxylic acids is 2. The molecule has 0 bridgehead atoms. The summed E-state index contributed by atoms with van der Waals surface area (Å²) in [5.74, 6) is 2.65. The van der Waals surface area contributed by atoms with Gasteiger partial charge in [0.1, 0.15) is 24.8 Å². The van der Waals surface area contributed by atoms with Crippen molar-refractivity contribution < 1.29 is 28.5 Å². The van der Waals surface area contributed by atoms with Gasteiger partial charge < -0.3 is 18.9 Å². The fourth-order valence-corrected chi connectivity index (χ4v) is 5.85. The summed E-state index contributed by atoms with van der Waals surface area (Å²) in [5, 5.41) is 0. The first kappa shape index (κ1) is 32.8. The number of hydrogen-bond donors (Lipinski definition) is 0. The Morgan fingerprint density at radius 1 is 0.651 bits per heavy atom. The molecule has 2 aliphatic heterocycles. The van der Waals surface area contributed by atoms with Gasteiger partial charge in [-0.25, -0.2) is 0 Å². The van der Waals surface area contributed by atoms with E-state index in [1.807, 2.05) is 36.4 Å². The summed E-state index contributed by atoms with van der Waals surface area (Å²) in [4.78, 5) is 31.2. The number of aryl methyl sites for hydroxylation is 2. The fraction of sp³-hybridized carbons (Fsp3) is 0.600. The molecule has 2 aromatic rings. The standard InChI is InChI=1S/C35H50N2O6/c1-35(2,33(38)15-11-27-9-13-29(31(25-27)40-3)42-23-21-36-17-5-6-18-36)34(39)16-12-28-10-14-30(32(26-28)41-4)43-24-22-37-19-7-8-20-37/h9-10,13-14,25-26H,5-8,11-12,15-24H2,1-4H3. The zero-order valence-electron chi connectivity index (χ0n) is 26.6. The van der Waals surface area contributed by atoms with Crippen LogP contribution in [-0.4, -0.2) is 88.1 Å². The first-order chi connectivity index (χ1) is 20.8. The number of ether oxygens (including phenoxy) is 4. The molecule has 2 fully saturated rings. The Balaban J connectivity index is 1.23. The van der Waals surface area contributed by atoms with E-state index in [0.717, 1.165) is 50.4 Å². The van der Waals surface area contributed by atoms with Gasteiger partial charge in [-0.05, 0) is 114 Å². The number of Topliss-reactive ketones (excluding diaryl/α,β-unsaturated/α-hetero) is 2. The van der Waals surface area contributed by atoms with Crippen LogP contribution in [0, 0.1) is 5.41 Å². The molecule has 8 nitrogen and oxygen atoms in total. The Hall–Kier alpha value is -3.10. The van der Waals surface area contributed by atoms with E-state index in [4.69, 9.17) is 18.9 Å². The first-order valence-corrected chi connectivity index (χ1v) is 15.9. The summed E-state index contributed by atoms with van der Waals surface area (Å²) < 4.78 is 23.1. The second-order valence-electron chi connectivity index (χ2n) is 12.2. The van der Waals surface area contributed by atoms with E-state index in [0.29, 0.717) is 49.1 Å². The van der Waals surface area contributed by atoms with E-state index in [9.17, 15) is 9.59 Å². The van der Waals surface area contributed by atoms with Gasteiger partial charge in [-0.1, -0.05) is 12.1 Å². The molecule has 0 radical (unpaired) electrons. The quantitative estimate of drug-likeness (QED) is 0.213. The summed E-state index contributed by atoms with van der Waals surface area (Å²) in [6, 6.07) is 11.6. The Bertz CT molecular complexity index is 1110. The molecule has 0 unspecified atom stereocenters. The van der Waals surface area contributed by atoms with Crippen molar-refractivity contribution in [2.45, 2.75) is 65.2 Å². The summed E-state index contributed by atoms with van der Waals surface area (Å²) in [5.41, 5.74) is 0.913. The van der Waals surface area contributed by atoms with Gasteiger partial charge in [0.05, 0.1) is 19.6 Å². The number of rotatable bonds is 18. The van der Waals surface area contributed by atoms with Crippen LogP contribution >= 0.6 is 0 Å². The van der Waals surface area contributed by atoms with Crippen molar-refractivity contribution in [2.24, 2.45) is 5.41 Å². The van der Waals surface area contributed by atoms with Crippen LogP contribution in [0.25, 0.3) is 0 Å². The predicted octanol–water partition coefficient (Wildman–Crippen LogP) is 5.38. The maximum absolute atomic E-state index is 13.2. The van der Waals surface area contributed by atoms with Crippen LogP contribution in [0.4, 0.5) is 0 Å². The van der Waals surface area contributed by atoms with Gasteiger partial charge in [0.2, 0.25) is 0 Å². The van der Waals surface area contributed by atoms with Gasteiger partial charge in [-0.2, -0.15) is 0 Å².